The monoisotopic (exact) mass is 197 g/mol. The molecule has 0 aliphatic carbocycles. The van der Waals surface area contributed by atoms with Crippen LogP contribution in [0.25, 0.3) is 0 Å². The molecule has 14 heavy (non-hydrogen) atoms. The van der Waals surface area contributed by atoms with E-state index in [1.807, 2.05) is 39.7 Å². The van der Waals surface area contributed by atoms with E-state index in [2.05, 4.69) is 0 Å². The summed E-state index contributed by atoms with van der Waals surface area (Å²) >= 11 is 0. The molecule has 0 aromatic carbocycles. The fourth-order valence-corrected chi connectivity index (χ4v) is 1.27. The molecule has 0 spiro atoms. The van der Waals surface area contributed by atoms with Crippen LogP contribution in [0, 0.1) is 0 Å². The number of hydrogen-bond donors (Lipinski definition) is 1. The summed E-state index contributed by atoms with van der Waals surface area (Å²) in [5, 5.41) is 0. The Morgan fingerprint density at radius 2 is 1.64 bits per heavy atom. The second kappa shape index (κ2) is 4.05. The lowest BCUT2D eigenvalue weighted by molar-refractivity contribution is 0.00578. The molecule has 1 rings (SSSR count). The van der Waals surface area contributed by atoms with Crippen LogP contribution in [-0.2, 0) is 9.31 Å². The van der Waals surface area contributed by atoms with Crippen molar-refractivity contribution in [3.05, 3.63) is 12.1 Å². The Kier molecular flexibility index (Phi) is 3.40. The first-order valence-electron chi connectivity index (χ1n) is 5.11. The number of rotatable bonds is 3. The lowest BCUT2D eigenvalue weighted by Gasteiger charge is -2.32. The quantitative estimate of drug-likeness (QED) is 0.697. The second-order valence-corrected chi connectivity index (χ2v) is 4.63. The molecule has 1 aliphatic rings. The highest BCUT2D eigenvalue weighted by molar-refractivity contribution is 6.51. The minimum absolute atomic E-state index is 0.230. The maximum absolute atomic E-state index is 5.76. The van der Waals surface area contributed by atoms with Gasteiger partial charge in [0.1, 0.15) is 0 Å². The van der Waals surface area contributed by atoms with Crippen LogP contribution < -0.4 is 5.73 Å². The van der Waals surface area contributed by atoms with Gasteiger partial charge in [0.15, 0.2) is 0 Å². The summed E-state index contributed by atoms with van der Waals surface area (Å²) in [4.78, 5) is 0. The van der Waals surface area contributed by atoms with E-state index in [9.17, 15) is 0 Å². The molecule has 0 radical (unpaired) electrons. The summed E-state index contributed by atoms with van der Waals surface area (Å²) in [6, 6.07) is 0. The predicted octanol–water partition coefficient (Wildman–Crippen LogP) is 1.52. The van der Waals surface area contributed by atoms with Gasteiger partial charge in [-0.05, 0) is 40.7 Å². The molecule has 0 amide bonds. The molecular formula is C10H20BNO2. The van der Waals surface area contributed by atoms with E-state index in [1.54, 1.807) is 0 Å². The Balaban J connectivity index is 2.55. The molecule has 4 heteroatoms. The molecule has 3 nitrogen and oxygen atoms in total. The first-order valence-corrected chi connectivity index (χ1v) is 5.11. The van der Waals surface area contributed by atoms with Crippen molar-refractivity contribution < 1.29 is 9.31 Å². The molecule has 0 aromatic rings. The zero-order valence-corrected chi connectivity index (χ0v) is 9.54. The van der Waals surface area contributed by atoms with Crippen LogP contribution in [0.3, 0.4) is 0 Å². The van der Waals surface area contributed by atoms with E-state index in [-0.39, 0.29) is 18.3 Å². The fraction of sp³-hybridized carbons (Fsp3) is 0.800. The van der Waals surface area contributed by atoms with Crippen LogP contribution in [0.15, 0.2) is 12.1 Å². The largest absolute Gasteiger partial charge is 0.486 e. The molecule has 0 saturated carbocycles. The van der Waals surface area contributed by atoms with Crippen molar-refractivity contribution in [1.82, 2.24) is 0 Å². The van der Waals surface area contributed by atoms with Crippen LogP contribution >= 0.6 is 0 Å². The number of nitrogens with two attached hydrogens (primary N) is 1. The maximum atomic E-state index is 5.76. The molecule has 0 aromatic heterocycles. The Bertz CT molecular complexity index is 210. The fourth-order valence-electron chi connectivity index (χ4n) is 1.27. The average molecular weight is 197 g/mol. The molecule has 2 N–H and O–H groups in total. The Morgan fingerprint density at radius 1 is 1.14 bits per heavy atom. The molecule has 0 bridgehead atoms. The summed E-state index contributed by atoms with van der Waals surface area (Å²) in [5.41, 5.74) is 4.90. The van der Waals surface area contributed by atoms with Crippen LogP contribution in [-0.4, -0.2) is 24.9 Å². The van der Waals surface area contributed by atoms with Gasteiger partial charge < -0.3 is 15.0 Å². The van der Waals surface area contributed by atoms with Gasteiger partial charge in [0, 0.05) is 0 Å². The maximum Gasteiger partial charge on any atom is 0.486 e. The van der Waals surface area contributed by atoms with Crippen LogP contribution in [0.4, 0.5) is 0 Å². The van der Waals surface area contributed by atoms with Gasteiger partial charge in [-0.25, -0.2) is 0 Å². The van der Waals surface area contributed by atoms with Crippen molar-refractivity contribution in [2.24, 2.45) is 5.73 Å². The van der Waals surface area contributed by atoms with Crippen molar-refractivity contribution in [3.63, 3.8) is 0 Å². The number of hydrogen-bond acceptors (Lipinski definition) is 3. The summed E-state index contributed by atoms with van der Waals surface area (Å²) in [6.07, 6.45) is 2.87. The second-order valence-electron chi connectivity index (χ2n) is 4.63. The highest BCUT2D eigenvalue weighted by atomic mass is 16.7. The Labute approximate surface area is 86.8 Å². The van der Waals surface area contributed by atoms with Gasteiger partial charge in [-0.2, -0.15) is 0 Å². The van der Waals surface area contributed by atoms with Crippen molar-refractivity contribution in [3.8, 4) is 0 Å². The molecule has 1 heterocycles. The lowest BCUT2D eigenvalue weighted by Crippen LogP contribution is -2.41. The molecule has 1 aliphatic heterocycles. The first-order chi connectivity index (χ1) is 6.39. The first kappa shape index (κ1) is 11.8. The van der Waals surface area contributed by atoms with Crippen molar-refractivity contribution in [1.29, 1.82) is 0 Å². The minimum atomic E-state index is -0.245. The van der Waals surface area contributed by atoms with Gasteiger partial charge in [0.25, 0.3) is 0 Å². The van der Waals surface area contributed by atoms with E-state index in [4.69, 9.17) is 15.0 Å². The summed E-state index contributed by atoms with van der Waals surface area (Å²) in [7, 11) is -0.230. The molecule has 1 saturated heterocycles. The molecule has 0 unspecified atom stereocenters. The third kappa shape index (κ3) is 2.38. The van der Waals surface area contributed by atoms with Crippen molar-refractivity contribution in [2.75, 3.05) is 6.54 Å². The highest BCUT2D eigenvalue weighted by Crippen LogP contribution is 2.36. The molecular weight excluding hydrogens is 177 g/mol. The molecule has 0 atom stereocenters. The SMILES string of the molecule is CC1(C)OB(/C=C/CCN)OC1(C)C. The smallest absolute Gasteiger partial charge is 0.400 e. The van der Waals surface area contributed by atoms with E-state index in [1.165, 1.54) is 0 Å². The minimum Gasteiger partial charge on any atom is -0.400 e. The lowest BCUT2D eigenvalue weighted by atomic mass is 9.90. The van der Waals surface area contributed by atoms with E-state index < -0.39 is 0 Å². The molecule has 80 valence electrons. The Hall–Kier alpha value is -0.315. The topological polar surface area (TPSA) is 44.5 Å². The normalized spacial score (nSPS) is 24.8. The third-order valence-corrected chi connectivity index (χ3v) is 2.90. The zero-order valence-electron chi connectivity index (χ0n) is 9.54. The van der Waals surface area contributed by atoms with Gasteiger partial charge in [-0.15, -0.1) is 0 Å². The standard InChI is InChI=1S/C10H20BNO2/c1-9(2)10(3,4)14-11(13-9)7-5-6-8-12/h5,7H,6,8,12H2,1-4H3/b7-5+. The molecule has 1 fully saturated rings. The van der Waals surface area contributed by atoms with Crippen molar-refractivity contribution >= 4 is 7.12 Å². The van der Waals surface area contributed by atoms with Gasteiger partial charge in [-0.1, -0.05) is 12.1 Å². The summed E-state index contributed by atoms with van der Waals surface area (Å²) in [6.45, 7) is 8.84. The van der Waals surface area contributed by atoms with Crippen LogP contribution in [0.5, 0.6) is 0 Å². The van der Waals surface area contributed by atoms with Gasteiger partial charge in [0.05, 0.1) is 11.2 Å². The van der Waals surface area contributed by atoms with Gasteiger partial charge >= 0.3 is 7.12 Å². The third-order valence-electron chi connectivity index (χ3n) is 2.90. The van der Waals surface area contributed by atoms with E-state index in [0.29, 0.717) is 6.54 Å². The zero-order chi connectivity index (χ0) is 10.8. The summed E-state index contributed by atoms with van der Waals surface area (Å²) in [5.74, 6) is 1.93. The van der Waals surface area contributed by atoms with E-state index >= 15 is 0 Å². The van der Waals surface area contributed by atoms with E-state index in [0.717, 1.165) is 6.42 Å². The van der Waals surface area contributed by atoms with Gasteiger partial charge in [-0.3, -0.25) is 0 Å². The van der Waals surface area contributed by atoms with Crippen LogP contribution in [0.2, 0.25) is 0 Å². The van der Waals surface area contributed by atoms with Gasteiger partial charge in [0.2, 0.25) is 0 Å². The predicted molar refractivity (Wildman–Crippen MR) is 58.9 cm³/mol. The highest BCUT2D eigenvalue weighted by Gasteiger charge is 2.49. The van der Waals surface area contributed by atoms with Crippen molar-refractivity contribution in [2.45, 2.75) is 45.3 Å². The Morgan fingerprint density at radius 3 is 2.07 bits per heavy atom. The average Bonchev–Trinajstić information content (AvgIpc) is 2.21. The van der Waals surface area contributed by atoms with Crippen LogP contribution in [0.1, 0.15) is 34.1 Å². The summed E-state index contributed by atoms with van der Waals surface area (Å²) < 4.78 is 11.5.